The van der Waals surface area contributed by atoms with Gasteiger partial charge in [-0.2, -0.15) is 0 Å². The van der Waals surface area contributed by atoms with Gasteiger partial charge < -0.3 is 49.0 Å². The maximum atomic E-state index is 7.93. The standard InChI is InChI=1S/C44H95N5O11Si5/c1-8-55-61(3,40-10-15-45-20-30-50-31-21-45)57-63(5,42-12-17-47-24-34-52-35-25-47)59-65(7,44-14-19-49-28-38-54-39-29-49)60-64(6,43-13-18-48-26-36-53-37-27-48)58-62(4,56-9-2)41-11-16-46-22-32-51-33-23-46/h8-44H2,1-7H3. The van der Waals surface area contributed by atoms with E-state index in [0.29, 0.717) is 13.2 Å². The van der Waals surface area contributed by atoms with Crippen molar-refractivity contribution in [2.45, 2.75) is 109 Å². The van der Waals surface area contributed by atoms with Crippen LogP contribution >= 0.6 is 0 Å². The molecular weight excluding hydrogens is 915 g/mol. The largest absolute Gasteiger partial charge is 0.416 e. The van der Waals surface area contributed by atoms with E-state index in [9.17, 15) is 0 Å². The monoisotopic (exact) mass is 1010 g/mol. The molecule has 0 aromatic heterocycles. The molecular formula is C44H95N5O11Si5. The third-order valence-electron chi connectivity index (χ3n) is 13.7. The lowest BCUT2D eigenvalue weighted by molar-refractivity contribution is 0.0375. The van der Waals surface area contributed by atoms with Crippen LogP contribution in [0.3, 0.4) is 0 Å². The zero-order chi connectivity index (χ0) is 46.3. The molecule has 5 heterocycles. The highest BCUT2D eigenvalue weighted by molar-refractivity contribution is 6.90. The zero-order valence-corrected chi connectivity index (χ0v) is 47.4. The Balaban J connectivity index is 1.41. The molecule has 0 aromatic rings. The van der Waals surface area contributed by atoms with E-state index in [0.717, 1.165) is 227 Å². The van der Waals surface area contributed by atoms with Crippen molar-refractivity contribution >= 4 is 42.8 Å². The summed E-state index contributed by atoms with van der Waals surface area (Å²) in [7, 11) is -14.2. The smallest absolute Gasteiger partial charge is 0.326 e. The van der Waals surface area contributed by atoms with Crippen LogP contribution in [0, 0.1) is 0 Å². The van der Waals surface area contributed by atoms with Gasteiger partial charge >= 0.3 is 42.8 Å². The van der Waals surface area contributed by atoms with Crippen LogP contribution in [0.4, 0.5) is 0 Å². The Morgan fingerprint density at radius 2 is 0.492 bits per heavy atom. The van der Waals surface area contributed by atoms with Crippen molar-refractivity contribution in [3.8, 4) is 0 Å². The van der Waals surface area contributed by atoms with Crippen molar-refractivity contribution < 1.29 is 49.0 Å². The van der Waals surface area contributed by atoms with Crippen LogP contribution in [0.1, 0.15) is 46.0 Å². The van der Waals surface area contributed by atoms with E-state index in [1.165, 1.54) is 0 Å². The molecule has 21 heteroatoms. The molecule has 382 valence electrons. The highest BCUT2D eigenvalue weighted by Gasteiger charge is 2.53. The van der Waals surface area contributed by atoms with E-state index < -0.39 is 42.8 Å². The molecule has 4 atom stereocenters. The lowest BCUT2D eigenvalue weighted by Crippen LogP contribution is -2.63. The van der Waals surface area contributed by atoms with Gasteiger partial charge in [-0.25, -0.2) is 0 Å². The van der Waals surface area contributed by atoms with Crippen molar-refractivity contribution in [3.05, 3.63) is 0 Å². The van der Waals surface area contributed by atoms with Crippen LogP contribution in [0.15, 0.2) is 0 Å². The summed E-state index contributed by atoms with van der Waals surface area (Å²) in [5.74, 6) is 0. The van der Waals surface area contributed by atoms with Crippen molar-refractivity contribution in [3.63, 3.8) is 0 Å². The summed E-state index contributed by atoms with van der Waals surface area (Å²) in [6.45, 7) is 40.1. The minimum Gasteiger partial charge on any atom is -0.416 e. The summed E-state index contributed by atoms with van der Waals surface area (Å²) in [4.78, 5) is 12.7. The molecule has 0 amide bonds. The van der Waals surface area contributed by atoms with E-state index >= 15 is 0 Å². The SMILES string of the molecule is CCO[Si](C)(CCCN1CCOCC1)O[Si](C)(CCCN1CCOCC1)O[Si](C)(CCCN1CCOCC1)O[Si](C)(CCCN1CCOCC1)O[Si](C)(CCCN1CCOCC1)OCC. The minimum absolute atomic E-state index is 0.636. The van der Waals surface area contributed by atoms with Crippen LogP contribution in [0.25, 0.3) is 0 Å². The number of rotatable bonds is 32. The maximum Gasteiger partial charge on any atom is 0.326 e. The summed E-state index contributed by atoms with van der Waals surface area (Å²) < 4.78 is 73.2. The fourth-order valence-electron chi connectivity index (χ4n) is 10.4. The molecule has 5 aliphatic heterocycles. The Hall–Kier alpha value is 0.444. The van der Waals surface area contributed by atoms with E-state index in [2.05, 4.69) is 71.1 Å². The molecule has 0 spiro atoms. The van der Waals surface area contributed by atoms with Gasteiger partial charge in [0.2, 0.25) is 0 Å². The highest BCUT2D eigenvalue weighted by Crippen LogP contribution is 2.36. The molecule has 16 nitrogen and oxygen atoms in total. The first kappa shape index (κ1) is 56.4. The molecule has 65 heavy (non-hydrogen) atoms. The minimum atomic E-state index is -3.01. The average Bonchev–Trinajstić information content (AvgIpc) is 3.28. The molecule has 4 unspecified atom stereocenters. The molecule has 0 bridgehead atoms. The van der Waals surface area contributed by atoms with Gasteiger partial charge in [0.25, 0.3) is 0 Å². The Morgan fingerprint density at radius 1 is 0.308 bits per heavy atom. The molecule has 0 N–H and O–H groups in total. The molecule has 5 aliphatic rings. The van der Waals surface area contributed by atoms with Crippen LogP contribution in [0.2, 0.25) is 63.0 Å². The number of hydrogen-bond donors (Lipinski definition) is 0. The molecule has 0 radical (unpaired) electrons. The van der Waals surface area contributed by atoms with Gasteiger partial charge in [-0.3, -0.25) is 24.5 Å². The third kappa shape index (κ3) is 21.8. The molecule has 0 aromatic carbocycles. The molecule has 0 aliphatic carbocycles. The van der Waals surface area contributed by atoms with Crippen LogP contribution < -0.4 is 0 Å². The van der Waals surface area contributed by atoms with Gasteiger partial charge in [-0.15, -0.1) is 0 Å². The summed E-state index contributed by atoms with van der Waals surface area (Å²) in [5, 5.41) is 0. The summed E-state index contributed by atoms with van der Waals surface area (Å²) >= 11 is 0. The lowest BCUT2D eigenvalue weighted by Gasteiger charge is -2.46. The summed E-state index contributed by atoms with van der Waals surface area (Å²) in [6.07, 6.45) is 5.10. The second-order valence-corrected chi connectivity index (χ2v) is 37.4. The van der Waals surface area contributed by atoms with Crippen LogP contribution in [-0.4, -0.2) is 245 Å². The zero-order valence-electron chi connectivity index (χ0n) is 42.4. The second-order valence-electron chi connectivity index (χ2n) is 19.7. The van der Waals surface area contributed by atoms with Gasteiger partial charge in [-0.1, -0.05) is 0 Å². The summed E-state index contributed by atoms with van der Waals surface area (Å²) in [6, 6.07) is 4.53. The van der Waals surface area contributed by atoms with Gasteiger partial charge in [0.15, 0.2) is 0 Å². The topological polar surface area (TPSA) is 118 Å². The van der Waals surface area contributed by atoms with Gasteiger partial charge in [0, 0.05) is 78.7 Å². The van der Waals surface area contributed by atoms with Gasteiger partial charge in [-0.05, 0) is 142 Å². The normalized spacial score (nSPS) is 25.3. The number of ether oxygens (including phenoxy) is 5. The van der Waals surface area contributed by atoms with Crippen LogP contribution in [-0.2, 0) is 49.0 Å². The van der Waals surface area contributed by atoms with E-state index in [1.807, 2.05) is 0 Å². The maximum absolute atomic E-state index is 7.93. The Labute approximate surface area is 401 Å². The van der Waals surface area contributed by atoms with E-state index in [-0.39, 0.29) is 0 Å². The first-order valence-corrected chi connectivity index (χ1v) is 38.5. The molecule has 5 saturated heterocycles. The molecule has 0 saturated carbocycles. The van der Waals surface area contributed by atoms with Crippen molar-refractivity contribution in [1.29, 1.82) is 0 Å². The predicted octanol–water partition coefficient (Wildman–Crippen LogP) is 5.10. The first-order valence-electron chi connectivity index (χ1n) is 25.9. The van der Waals surface area contributed by atoms with E-state index in [4.69, 9.17) is 49.0 Å². The number of hydrogen-bond acceptors (Lipinski definition) is 16. The highest BCUT2D eigenvalue weighted by atomic mass is 28.5. The quantitative estimate of drug-likeness (QED) is 0.0832. The van der Waals surface area contributed by atoms with Crippen LogP contribution in [0.5, 0.6) is 0 Å². The van der Waals surface area contributed by atoms with Crippen molar-refractivity contribution in [2.75, 3.05) is 177 Å². The third-order valence-corrected chi connectivity index (χ3v) is 35.6. The molecule has 5 fully saturated rings. The van der Waals surface area contributed by atoms with Gasteiger partial charge in [0.05, 0.1) is 66.1 Å². The second kappa shape index (κ2) is 29.7. The first-order chi connectivity index (χ1) is 31.3. The Morgan fingerprint density at radius 3 is 0.692 bits per heavy atom. The predicted molar refractivity (Wildman–Crippen MR) is 269 cm³/mol. The number of nitrogens with zero attached hydrogens (tertiary/aromatic N) is 5. The average molecular weight is 1010 g/mol. The number of morpholine rings is 5. The van der Waals surface area contributed by atoms with Gasteiger partial charge in [0.1, 0.15) is 0 Å². The Kier molecular flexibility index (Phi) is 25.8. The lowest BCUT2D eigenvalue weighted by atomic mass is 10.3. The van der Waals surface area contributed by atoms with E-state index in [1.54, 1.807) is 0 Å². The fraction of sp³-hybridized carbons (Fsp3) is 1.00. The van der Waals surface area contributed by atoms with Crippen molar-refractivity contribution in [2.24, 2.45) is 0 Å². The molecule has 5 rings (SSSR count). The van der Waals surface area contributed by atoms with Crippen molar-refractivity contribution in [1.82, 2.24) is 24.5 Å². The summed E-state index contributed by atoms with van der Waals surface area (Å²) in [5.41, 5.74) is 0. The Bertz CT molecular complexity index is 1200. The fourth-order valence-corrected chi connectivity index (χ4v) is 35.8.